The Kier molecular flexibility index (Phi) is 2.50. The summed E-state index contributed by atoms with van der Waals surface area (Å²) in [5, 5.41) is 0. The van der Waals surface area contributed by atoms with Crippen molar-refractivity contribution in [3.8, 4) is 0 Å². The quantitative estimate of drug-likeness (QED) is 0.534. The zero-order chi connectivity index (χ0) is 14.8. The van der Waals surface area contributed by atoms with E-state index in [0.717, 1.165) is 6.42 Å². The van der Waals surface area contributed by atoms with Gasteiger partial charge in [-0.1, -0.05) is 68.9 Å². The van der Waals surface area contributed by atoms with Gasteiger partial charge in [-0.2, -0.15) is 0 Å². The number of fused-ring (bicyclic) bond motifs is 1. The summed E-state index contributed by atoms with van der Waals surface area (Å²) in [6, 6.07) is 0. The van der Waals surface area contributed by atoms with Gasteiger partial charge in [0, 0.05) is 10.8 Å². The fraction of sp³-hybridized carbons (Fsp3) is 0.429. The van der Waals surface area contributed by atoms with Crippen molar-refractivity contribution in [1.29, 1.82) is 0 Å². The van der Waals surface area contributed by atoms with Gasteiger partial charge in [0.1, 0.15) is 0 Å². The van der Waals surface area contributed by atoms with Gasteiger partial charge in [0.15, 0.2) is 0 Å². The van der Waals surface area contributed by atoms with Gasteiger partial charge in [-0.15, -0.1) is 0 Å². The van der Waals surface area contributed by atoms with Crippen LogP contribution in [0.25, 0.3) is 0 Å². The highest BCUT2D eigenvalue weighted by atomic mass is 14.6. The molecule has 0 heterocycles. The fourth-order valence-electron chi connectivity index (χ4n) is 4.80. The van der Waals surface area contributed by atoms with Crippen LogP contribution in [-0.4, -0.2) is 0 Å². The van der Waals surface area contributed by atoms with Gasteiger partial charge in [-0.25, -0.2) is 0 Å². The van der Waals surface area contributed by atoms with Gasteiger partial charge in [-0.05, 0) is 48.0 Å². The van der Waals surface area contributed by atoms with E-state index >= 15 is 0 Å². The molecular formula is C21H24. The van der Waals surface area contributed by atoms with E-state index in [9.17, 15) is 0 Å². The summed E-state index contributed by atoms with van der Waals surface area (Å²) in [6.45, 7) is 9.44. The first-order chi connectivity index (χ1) is 9.93. The van der Waals surface area contributed by atoms with Gasteiger partial charge >= 0.3 is 0 Å². The maximum atomic E-state index is 2.52. The molecule has 1 fully saturated rings. The number of hydrogen-bond acceptors (Lipinski definition) is 0. The van der Waals surface area contributed by atoms with E-state index in [-0.39, 0.29) is 10.8 Å². The molecule has 0 aromatic carbocycles. The van der Waals surface area contributed by atoms with Crippen molar-refractivity contribution in [2.24, 2.45) is 16.7 Å². The van der Waals surface area contributed by atoms with Crippen LogP contribution in [0.4, 0.5) is 0 Å². The Morgan fingerprint density at radius 2 is 1.71 bits per heavy atom. The highest BCUT2D eigenvalue weighted by molar-refractivity contribution is 5.64. The molecule has 0 aliphatic heterocycles. The third kappa shape index (κ3) is 1.62. The largest absolute Gasteiger partial charge is 0.0795 e. The average molecular weight is 276 g/mol. The van der Waals surface area contributed by atoms with Crippen LogP contribution in [0.2, 0.25) is 0 Å². The Balaban J connectivity index is 2.09. The molecule has 0 aromatic rings. The summed E-state index contributed by atoms with van der Waals surface area (Å²) in [4.78, 5) is 0. The van der Waals surface area contributed by atoms with E-state index in [1.165, 1.54) is 23.1 Å². The minimum Gasteiger partial charge on any atom is -0.0795 e. The van der Waals surface area contributed by atoms with E-state index in [1.54, 1.807) is 11.1 Å². The Labute approximate surface area is 128 Å². The van der Waals surface area contributed by atoms with Crippen molar-refractivity contribution < 1.29 is 0 Å². The van der Waals surface area contributed by atoms with Crippen molar-refractivity contribution in [3.05, 3.63) is 70.4 Å². The molecule has 1 saturated carbocycles. The van der Waals surface area contributed by atoms with E-state index in [2.05, 4.69) is 70.2 Å². The summed E-state index contributed by atoms with van der Waals surface area (Å²) in [5.41, 5.74) is 7.86. The Morgan fingerprint density at radius 1 is 1.00 bits per heavy atom. The number of hydrogen-bond donors (Lipinski definition) is 0. The second kappa shape index (κ2) is 4.00. The summed E-state index contributed by atoms with van der Waals surface area (Å²) < 4.78 is 0. The van der Waals surface area contributed by atoms with Crippen LogP contribution >= 0.6 is 0 Å². The van der Waals surface area contributed by atoms with Gasteiger partial charge in [0.2, 0.25) is 0 Å². The summed E-state index contributed by atoms with van der Waals surface area (Å²) in [7, 11) is 0. The topological polar surface area (TPSA) is 0 Å². The number of allylic oxidation sites excluding steroid dienone is 12. The molecule has 0 N–H and O–H groups in total. The number of rotatable bonds is 0. The van der Waals surface area contributed by atoms with Gasteiger partial charge in [0.25, 0.3) is 0 Å². The summed E-state index contributed by atoms with van der Waals surface area (Å²) in [5.74, 6) is 0.637. The van der Waals surface area contributed by atoms with Crippen LogP contribution < -0.4 is 0 Å². The molecule has 4 rings (SSSR count). The molecule has 3 atom stereocenters. The molecule has 0 aromatic heterocycles. The highest BCUT2D eigenvalue weighted by Crippen LogP contribution is 2.65. The minimum atomic E-state index is 0.168. The molecular weight excluding hydrogens is 252 g/mol. The van der Waals surface area contributed by atoms with Crippen molar-refractivity contribution in [2.75, 3.05) is 0 Å². The van der Waals surface area contributed by atoms with Crippen LogP contribution in [0.15, 0.2) is 70.4 Å². The van der Waals surface area contributed by atoms with Crippen LogP contribution in [0.1, 0.15) is 40.5 Å². The maximum absolute atomic E-state index is 2.52. The Bertz CT molecular complexity index is 704. The Morgan fingerprint density at radius 3 is 2.52 bits per heavy atom. The summed E-state index contributed by atoms with van der Waals surface area (Å²) in [6.07, 6.45) is 19.2. The molecule has 0 spiro atoms. The Hall–Kier alpha value is -1.56. The molecule has 3 unspecified atom stereocenters. The van der Waals surface area contributed by atoms with Crippen molar-refractivity contribution in [1.82, 2.24) is 0 Å². The van der Waals surface area contributed by atoms with Gasteiger partial charge in [-0.3, -0.25) is 0 Å². The lowest BCUT2D eigenvalue weighted by molar-refractivity contribution is 0.389. The zero-order valence-electron chi connectivity index (χ0n) is 13.5. The molecule has 0 amide bonds. The van der Waals surface area contributed by atoms with E-state index in [0.29, 0.717) is 5.92 Å². The van der Waals surface area contributed by atoms with Crippen LogP contribution in [-0.2, 0) is 0 Å². The first-order valence-electron chi connectivity index (χ1n) is 8.16. The van der Waals surface area contributed by atoms with Gasteiger partial charge in [0.05, 0.1) is 0 Å². The van der Waals surface area contributed by atoms with Crippen LogP contribution in [0, 0.1) is 16.7 Å². The highest BCUT2D eigenvalue weighted by Gasteiger charge is 2.53. The lowest BCUT2D eigenvalue weighted by Crippen LogP contribution is -2.18. The fourth-order valence-corrected chi connectivity index (χ4v) is 4.80. The monoisotopic (exact) mass is 276 g/mol. The smallest absolute Gasteiger partial charge is 0.0189 e. The third-order valence-electron chi connectivity index (χ3n) is 5.96. The molecule has 0 saturated heterocycles. The van der Waals surface area contributed by atoms with Crippen LogP contribution in [0.3, 0.4) is 0 Å². The SMILES string of the molecule is CC1=CC=C2C3=CCC(C)C=C4C=CC(=C1)C2(C)CC43C. The predicted octanol–water partition coefficient (Wildman–Crippen LogP) is 5.68. The summed E-state index contributed by atoms with van der Waals surface area (Å²) >= 11 is 0. The van der Waals surface area contributed by atoms with Crippen molar-refractivity contribution in [3.63, 3.8) is 0 Å². The lowest BCUT2D eigenvalue weighted by atomic mass is 9.75. The molecule has 4 aliphatic rings. The maximum Gasteiger partial charge on any atom is 0.0189 e. The lowest BCUT2D eigenvalue weighted by Gasteiger charge is -2.28. The molecule has 108 valence electrons. The van der Waals surface area contributed by atoms with Crippen LogP contribution in [0.5, 0.6) is 0 Å². The normalized spacial score (nSPS) is 40.2. The molecule has 0 radical (unpaired) electrons. The predicted molar refractivity (Wildman–Crippen MR) is 89.8 cm³/mol. The van der Waals surface area contributed by atoms with E-state index < -0.39 is 0 Å². The second-order valence-corrected chi connectivity index (χ2v) is 7.72. The average Bonchev–Trinajstić information content (AvgIpc) is 2.52. The van der Waals surface area contributed by atoms with E-state index in [1.807, 2.05) is 0 Å². The first-order valence-corrected chi connectivity index (χ1v) is 8.16. The first kappa shape index (κ1) is 13.1. The molecule has 21 heavy (non-hydrogen) atoms. The second-order valence-electron chi connectivity index (χ2n) is 7.72. The molecule has 4 aliphatic carbocycles. The zero-order valence-corrected chi connectivity index (χ0v) is 13.5. The molecule has 0 heteroatoms. The molecule has 0 nitrogen and oxygen atoms in total. The van der Waals surface area contributed by atoms with Crippen molar-refractivity contribution >= 4 is 0 Å². The van der Waals surface area contributed by atoms with Crippen molar-refractivity contribution in [2.45, 2.75) is 40.5 Å². The van der Waals surface area contributed by atoms with E-state index in [4.69, 9.17) is 0 Å². The molecule has 2 bridgehead atoms. The third-order valence-corrected chi connectivity index (χ3v) is 5.96. The van der Waals surface area contributed by atoms with Gasteiger partial charge < -0.3 is 0 Å². The standard InChI is InChI=1S/C21H24/c1-14-5-9-18-19-10-6-15(2)12-17-8-7-16(11-14)20(18,3)13-21(17,19)4/h5,7-12,15H,6,13H2,1-4H3. The minimum absolute atomic E-state index is 0.168.